The van der Waals surface area contributed by atoms with Crippen molar-refractivity contribution in [3.05, 3.63) is 99.2 Å². The van der Waals surface area contributed by atoms with Gasteiger partial charge in [-0.15, -0.1) is 11.8 Å². The van der Waals surface area contributed by atoms with Gasteiger partial charge in [-0.1, -0.05) is 43.8 Å². The molecule has 0 saturated carbocycles. The van der Waals surface area contributed by atoms with Crippen LogP contribution in [0.2, 0.25) is 0 Å². The zero-order chi connectivity index (χ0) is 24.1. The van der Waals surface area contributed by atoms with Crippen molar-refractivity contribution in [1.82, 2.24) is 9.58 Å². The summed E-state index contributed by atoms with van der Waals surface area (Å²) in [4.78, 5) is 27.8. The smallest absolute Gasteiger partial charge is 0.277 e. The van der Waals surface area contributed by atoms with Crippen LogP contribution < -0.4 is 15.2 Å². The van der Waals surface area contributed by atoms with Gasteiger partial charge in [0.05, 0.1) is 0 Å². The Balaban J connectivity index is 0.00000267. The lowest BCUT2D eigenvalue weighted by Gasteiger charge is -2.44. The molecule has 0 aliphatic carbocycles. The lowest BCUT2D eigenvalue weighted by molar-refractivity contribution is 0.0682. The molecule has 4 heterocycles. The summed E-state index contributed by atoms with van der Waals surface area (Å²) in [6.07, 6.45) is 5.94. The van der Waals surface area contributed by atoms with Gasteiger partial charge < -0.3 is 14.7 Å². The van der Waals surface area contributed by atoms with Crippen molar-refractivity contribution in [3.63, 3.8) is 0 Å². The highest BCUT2D eigenvalue weighted by atomic mass is 32.2. The SMILES string of the molecule is C.O=C1c2c(O)c(=O)ccn2N2CN1CC/C=C/COc1cccc3c1[C@@H]2c1cccc(F)c1SC3. The van der Waals surface area contributed by atoms with Gasteiger partial charge in [0.15, 0.2) is 11.4 Å². The quantitative estimate of drug-likeness (QED) is 0.455. The van der Waals surface area contributed by atoms with E-state index in [1.54, 1.807) is 11.0 Å². The predicted octanol–water partition coefficient (Wildman–Crippen LogP) is 4.41. The number of thioether (sulfide) groups is 1. The van der Waals surface area contributed by atoms with Crippen molar-refractivity contribution in [2.24, 2.45) is 0 Å². The van der Waals surface area contributed by atoms with E-state index in [4.69, 9.17) is 4.74 Å². The summed E-state index contributed by atoms with van der Waals surface area (Å²) in [5, 5.41) is 12.6. The number of hydrogen-bond donors (Lipinski definition) is 1. The van der Waals surface area contributed by atoms with Gasteiger partial charge in [-0.05, 0) is 29.7 Å². The van der Waals surface area contributed by atoms with Crippen molar-refractivity contribution in [2.75, 3.05) is 24.8 Å². The molecule has 3 aliphatic heterocycles. The Kier molecular flexibility index (Phi) is 6.26. The van der Waals surface area contributed by atoms with Crippen molar-refractivity contribution in [1.29, 1.82) is 0 Å². The van der Waals surface area contributed by atoms with Gasteiger partial charge >= 0.3 is 0 Å². The summed E-state index contributed by atoms with van der Waals surface area (Å²) in [7, 11) is 0. The largest absolute Gasteiger partial charge is 0.502 e. The molecule has 0 radical (unpaired) electrons. The van der Waals surface area contributed by atoms with E-state index < -0.39 is 23.1 Å². The Morgan fingerprint density at radius 1 is 1.08 bits per heavy atom. The third-order valence-corrected chi connectivity index (χ3v) is 7.77. The molecule has 1 amide bonds. The molecule has 1 N–H and O–H groups in total. The number of halogens is 1. The molecule has 0 unspecified atom stereocenters. The first-order valence-corrected chi connectivity index (χ1v) is 12.3. The minimum Gasteiger partial charge on any atom is -0.502 e. The maximum atomic E-state index is 15.1. The van der Waals surface area contributed by atoms with Gasteiger partial charge in [0.2, 0.25) is 5.43 Å². The summed E-state index contributed by atoms with van der Waals surface area (Å²) < 4.78 is 22.8. The van der Waals surface area contributed by atoms with E-state index in [0.717, 1.165) is 16.7 Å². The fourth-order valence-electron chi connectivity index (χ4n) is 4.98. The molecule has 3 aromatic rings. The number of carbonyl (C=O) groups is 1. The average molecular weight is 508 g/mol. The fraction of sp³-hybridized carbons (Fsp3) is 0.259. The minimum absolute atomic E-state index is 0. The van der Waals surface area contributed by atoms with Crippen LogP contribution in [0.15, 0.2) is 70.5 Å². The van der Waals surface area contributed by atoms with E-state index >= 15 is 4.39 Å². The third-order valence-electron chi connectivity index (χ3n) is 6.60. The standard InChI is InChI=1S/C26H22FN3O4S.CH4/c27-18-8-5-7-17-22-21-16(14-35-25(17)18)6-4-9-20(21)34-13-3-1-2-11-28-15-30(22)29-12-10-19(31)24(32)23(29)26(28)33;/h1,3-10,12,22,32H,2,11,13-15H2;1H4/b3-1+;/t22-;/m0./s1. The number of benzene rings is 2. The number of fused-ring (bicyclic) bond motifs is 7. The number of ether oxygens (including phenoxy) is 1. The first-order chi connectivity index (χ1) is 17.0. The van der Waals surface area contributed by atoms with Crippen molar-refractivity contribution < 1.29 is 19.0 Å². The highest BCUT2D eigenvalue weighted by molar-refractivity contribution is 7.98. The number of rotatable bonds is 0. The molecule has 186 valence electrons. The monoisotopic (exact) mass is 507 g/mol. The van der Waals surface area contributed by atoms with E-state index in [1.165, 1.54) is 34.8 Å². The Hall–Kier alpha value is -3.72. The number of amides is 1. The van der Waals surface area contributed by atoms with Crippen LogP contribution in [0.1, 0.15) is 47.1 Å². The van der Waals surface area contributed by atoms with Gasteiger partial charge in [0.25, 0.3) is 5.91 Å². The van der Waals surface area contributed by atoms with Gasteiger partial charge in [-0.2, -0.15) is 0 Å². The number of pyridine rings is 1. The number of hydrogen-bond acceptors (Lipinski definition) is 6. The normalized spacial score (nSPS) is 19.2. The summed E-state index contributed by atoms with van der Waals surface area (Å²) in [6, 6.07) is 11.5. The number of aromatic hydroxyl groups is 1. The molecule has 36 heavy (non-hydrogen) atoms. The molecule has 2 bridgehead atoms. The lowest BCUT2D eigenvalue weighted by Crippen LogP contribution is -2.55. The second kappa shape index (κ2) is 9.39. The first-order valence-electron chi connectivity index (χ1n) is 11.4. The lowest BCUT2D eigenvalue weighted by atomic mass is 9.93. The van der Waals surface area contributed by atoms with Gasteiger partial charge in [0, 0.05) is 35.0 Å². The van der Waals surface area contributed by atoms with Crippen LogP contribution in [0, 0.1) is 5.82 Å². The predicted molar refractivity (Wildman–Crippen MR) is 137 cm³/mol. The van der Waals surface area contributed by atoms with E-state index in [9.17, 15) is 14.7 Å². The molecule has 0 spiro atoms. The van der Waals surface area contributed by atoms with Gasteiger partial charge in [-0.25, -0.2) is 4.39 Å². The highest BCUT2D eigenvalue weighted by Crippen LogP contribution is 2.47. The molecule has 1 aromatic heterocycles. The van der Waals surface area contributed by atoms with Crippen molar-refractivity contribution in [3.8, 4) is 11.5 Å². The zero-order valence-electron chi connectivity index (χ0n) is 18.7. The Morgan fingerprint density at radius 2 is 1.92 bits per heavy atom. The van der Waals surface area contributed by atoms with E-state index in [2.05, 4.69) is 0 Å². The van der Waals surface area contributed by atoms with Crippen LogP contribution in [0.3, 0.4) is 0 Å². The molecule has 0 saturated heterocycles. The van der Waals surface area contributed by atoms with E-state index in [-0.39, 0.29) is 25.6 Å². The van der Waals surface area contributed by atoms with Crippen LogP contribution in [0.25, 0.3) is 0 Å². The van der Waals surface area contributed by atoms with Gasteiger partial charge in [-0.3, -0.25) is 19.3 Å². The van der Waals surface area contributed by atoms with E-state index in [1.807, 2.05) is 41.4 Å². The number of aromatic nitrogens is 1. The number of nitrogens with zero attached hydrogens (tertiary/aromatic N) is 3. The molecular formula is C27H26FN3O4S. The molecule has 6 rings (SSSR count). The summed E-state index contributed by atoms with van der Waals surface area (Å²) in [5.41, 5.74) is 1.87. The summed E-state index contributed by atoms with van der Waals surface area (Å²) >= 11 is 1.43. The Labute approximate surface area is 212 Å². The van der Waals surface area contributed by atoms with E-state index in [0.29, 0.717) is 36.0 Å². The second-order valence-corrected chi connectivity index (χ2v) is 9.61. The Bertz CT molecular complexity index is 1440. The van der Waals surface area contributed by atoms with Crippen LogP contribution >= 0.6 is 11.8 Å². The molecular weight excluding hydrogens is 481 g/mol. The van der Waals surface area contributed by atoms with Crippen LogP contribution in [0.5, 0.6) is 11.5 Å². The van der Waals surface area contributed by atoms with Crippen LogP contribution in [-0.2, 0) is 5.75 Å². The highest BCUT2D eigenvalue weighted by Gasteiger charge is 2.40. The molecule has 3 aliphatic rings. The van der Waals surface area contributed by atoms with Crippen LogP contribution in [-0.4, -0.2) is 40.4 Å². The minimum atomic E-state index is -0.625. The maximum absolute atomic E-state index is 15.1. The molecule has 0 fully saturated rings. The molecule has 2 aromatic carbocycles. The summed E-state index contributed by atoms with van der Waals surface area (Å²) in [5.74, 6) is -0.113. The molecule has 1 atom stereocenters. The van der Waals surface area contributed by atoms with Crippen molar-refractivity contribution in [2.45, 2.75) is 30.5 Å². The molecule has 7 nitrogen and oxygen atoms in total. The Morgan fingerprint density at radius 3 is 2.78 bits per heavy atom. The fourth-order valence-corrected chi connectivity index (χ4v) is 6.08. The zero-order valence-corrected chi connectivity index (χ0v) is 19.5. The summed E-state index contributed by atoms with van der Waals surface area (Å²) in [6.45, 7) is 0.936. The maximum Gasteiger partial charge on any atom is 0.277 e. The molecule has 9 heteroatoms. The van der Waals surface area contributed by atoms with Crippen LogP contribution in [0.4, 0.5) is 4.39 Å². The van der Waals surface area contributed by atoms with Crippen molar-refractivity contribution >= 4 is 17.7 Å². The average Bonchev–Trinajstić information content (AvgIpc) is 3.02. The second-order valence-electron chi connectivity index (χ2n) is 8.62. The topological polar surface area (TPSA) is 75.0 Å². The third kappa shape index (κ3) is 3.74. The number of carbonyl (C=O) groups excluding carboxylic acids is 1. The first kappa shape index (κ1) is 24.0. The van der Waals surface area contributed by atoms with Gasteiger partial charge in [0.1, 0.15) is 30.9 Å².